The van der Waals surface area contributed by atoms with E-state index >= 15 is 4.39 Å². The lowest BCUT2D eigenvalue weighted by molar-refractivity contribution is -0.179. The molecule has 200 valence electrons. The highest BCUT2D eigenvalue weighted by Gasteiger charge is 2.64. The van der Waals surface area contributed by atoms with Crippen LogP contribution in [0.5, 0.6) is 0 Å². The summed E-state index contributed by atoms with van der Waals surface area (Å²) in [7, 11) is 0. The number of fused-ring (bicyclic) bond motifs is 2. The predicted molar refractivity (Wildman–Crippen MR) is 138 cm³/mol. The minimum absolute atomic E-state index is 0.169. The molecular formula is C28H32Cl2FNO5. The van der Waals surface area contributed by atoms with E-state index < -0.39 is 29.2 Å². The van der Waals surface area contributed by atoms with Crippen molar-refractivity contribution in [2.75, 3.05) is 0 Å². The van der Waals surface area contributed by atoms with Gasteiger partial charge >= 0.3 is 5.97 Å². The summed E-state index contributed by atoms with van der Waals surface area (Å²) in [6, 6.07) is 5.30. The Balaban J connectivity index is 1.38. The van der Waals surface area contributed by atoms with Crippen LogP contribution in [-0.2, 0) is 16.1 Å². The molecule has 0 aliphatic heterocycles. The number of aliphatic carboxylic acids is 1. The molecule has 3 fully saturated rings. The Hall–Kier alpha value is -1.93. The number of carboxylic acids is 1. The lowest BCUT2D eigenvalue weighted by Crippen LogP contribution is -2.58. The highest BCUT2D eigenvalue weighted by molar-refractivity contribution is 6.39. The Kier molecular flexibility index (Phi) is 7.20. The predicted octanol–water partition coefficient (Wildman–Crippen LogP) is 7.32. The second kappa shape index (κ2) is 9.99. The first kappa shape index (κ1) is 26.7. The molecule has 37 heavy (non-hydrogen) atoms. The van der Waals surface area contributed by atoms with Gasteiger partial charge in [-0.3, -0.25) is 4.79 Å². The van der Waals surface area contributed by atoms with E-state index in [9.17, 15) is 15.0 Å². The van der Waals surface area contributed by atoms with E-state index in [0.29, 0.717) is 52.9 Å². The van der Waals surface area contributed by atoms with Crippen LogP contribution in [0.1, 0.15) is 76.0 Å². The third-order valence-electron chi connectivity index (χ3n) is 8.80. The van der Waals surface area contributed by atoms with Crippen molar-refractivity contribution in [1.29, 1.82) is 0 Å². The van der Waals surface area contributed by atoms with E-state index in [-0.39, 0.29) is 24.5 Å². The summed E-state index contributed by atoms with van der Waals surface area (Å²) in [6.45, 7) is 3.33. The molecule has 1 heterocycles. The average Bonchev–Trinajstić information content (AvgIpc) is 3.59. The van der Waals surface area contributed by atoms with Crippen molar-refractivity contribution in [2.24, 2.45) is 17.3 Å². The van der Waals surface area contributed by atoms with Gasteiger partial charge in [0, 0.05) is 17.0 Å². The molecule has 1 aromatic carbocycles. The lowest BCUT2D eigenvalue weighted by Gasteiger charge is -2.52. The second-order valence-corrected chi connectivity index (χ2v) is 11.8. The van der Waals surface area contributed by atoms with E-state index in [1.54, 1.807) is 25.1 Å². The van der Waals surface area contributed by atoms with Crippen molar-refractivity contribution in [3.63, 3.8) is 0 Å². The number of halogens is 3. The SMILES string of the molecule is C/C=C(/F)C(C)(CC(=O)O)[C@]1(O)[C@@H]2CC[C@H]1C[C@H](OCc1c(-c3c(Cl)cccc3Cl)noc1C1CC1)C2. The van der Waals surface area contributed by atoms with Crippen LogP contribution < -0.4 is 0 Å². The van der Waals surface area contributed by atoms with Crippen LogP contribution in [0.2, 0.25) is 10.0 Å². The fourth-order valence-corrected chi connectivity index (χ4v) is 7.40. The maximum absolute atomic E-state index is 15.1. The van der Waals surface area contributed by atoms with Crippen molar-refractivity contribution in [2.45, 2.75) is 83.0 Å². The van der Waals surface area contributed by atoms with E-state index in [1.807, 2.05) is 0 Å². The molecule has 5 atom stereocenters. The van der Waals surface area contributed by atoms with Crippen LogP contribution >= 0.6 is 23.2 Å². The number of hydrogen-bond acceptors (Lipinski definition) is 5. The Morgan fingerprint density at radius 3 is 2.41 bits per heavy atom. The van der Waals surface area contributed by atoms with E-state index in [0.717, 1.165) is 24.2 Å². The van der Waals surface area contributed by atoms with Crippen LogP contribution in [0.4, 0.5) is 4.39 Å². The van der Waals surface area contributed by atoms with E-state index in [4.69, 9.17) is 32.5 Å². The molecule has 0 amide bonds. The first-order chi connectivity index (χ1) is 17.6. The summed E-state index contributed by atoms with van der Waals surface area (Å²) in [6.07, 6.45) is 5.13. The quantitative estimate of drug-likeness (QED) is 0.339. The fraction of sp³-hybridized carbons (Fsp3) is 0.571. The summed E-state index contributed by atoms with van der Waals surface area (Å²) in [5, 5.41) is 26.8. The number of aromatic nitrogens is 1. The Labute approximate surface area is 225 Å². The van der Waals surface area contributed by atoms with Crippen LogP contribution in [0.15, 0.2) is 34.6 Å². The molecule has 2 aromatic rings. The molecule has 2 N–H and O–H groups in total. The zero-order valence-electron chi connectivity index (χ0n) is 21.0. The van der Waals surface area contributed by atoms with Gasteiger partial charge in [-0.25, -0.2) is 4.39 Å². The van der Waals surface area contributed by atoms with Crippen LogP contribution in [0.25, 0.3) is 11.3 Å². The molecule has 6 nitrogen and oxygen atoms in total. The van der Waals surface area contributed by atoms with Gasteiger partial charge in [-0.05, 0) is 76.3 Å². The van der Waals surface area contributed by atoms with Crippen LogP contribution in [0.3, 0.4) is 0 Å². The molecular weight excluding hydrogens is 520 g/mol. The third-order valence-corrected chi connectivity index (χ3v) is 9.43. The van der Waals surface area contributed by atoms with Gasteiger partial charge in [0.2, 0.25) is 0 Å². The van der Waals surface area contributed by atoms with Crippen molar-refractivity contribution >= 4 is 29.2 Å². The minimum Gasteiger partial charge on any atom is -0.481 e. The second-order valence-electron chi connectivity index (χ2n) is 11.0. The number of ether oxygens (including phenoxy) is 1. The molecule has 0 saturated heterocycles. The maximum atomic E-state index is 15.1. The summed E-state index contributed by atoms with van der Waals surface area (Å²) in [5.74, 6) is -1.15. The van der Waals surface area contributed by atoms with E-state index in [1.165, 1.54) is 13.0 Å². The topological polar surface area (TPSA) is 92.8 Å². The van der Waals surface area contributed by atoms with Gasteiger partial charge in [-0.1, -0.05) is 40.5 Å². The Morgan fingerprint density at radius 1 is 1.24 bits per heavy atom. The Morgan fingerprint density at radius 2 is 1.86 bits per heavy atom. The first-order valence-electron chi connectivity index (χ1n) is 12.9. The Bertz CT molecular complexity index is 1190. The van der Waals surface area contributed by atoms with Crippen molar-refractivity contribution in [3.05, 3.63) is 51.5 Å². The highest BCUT2D eigenvalue weighted by Crippen LogP contribution is 2.61. The highest BCUT2D eigenvalue weighted by atomic mass is 35.5. The molecule has 3 aliphatic carbocycles. The molecule has 5 rings (SSSR count). The molecule has 1 aromatic heterocycles. The zero-order chi connectivity index (χ0) is 26.5. The molecule has 2 bridgehead atoms. The molecule has 0 spiro atoms. The lowest BCUT2D eigenvalue weighted by atomic mass is 9.57. The minimum atomic E-state index is -1.49. The number of carbonyl (C=O) groups is 1. The molecule has 9 heteroatoms. The van der Waals surface area contributed by atoms with Gasteiger partial charge in [0.05, 0.1) is 40.2 Å². The third kappa shape index (κ3) is 4.52. The van der Waals surface area contributed by atoms with Crippen molar-refractivity contribution in [3.8, 4) is 11.3 Å². The summed E-state index contributed by atoms with van der Waals surface area (Å²) in [5.41, 5.74) is -0.914. The van der Waals surface area contributed by atoms with Crippen molar-refractivity contribution < 1.29 is 28.7 Å². The van der Waals surface area contributed by atoms with Crippen molar-refractivity contribution in [1.82, 2.24) is 5.16 Å². The first-order valence-corrected chi connectivity index (χ1v) is 13.7. The molecule has 3 aliphatic rings. The summed E-state index contributed by atoms with van der Waals surface area (Å²) in [4.78, 5) is 11.7. The standard InChI is InChI=1S/C28H32Cl2FNO5/c1-3-22(31)27(2,13-23(33)34)28(35)16-9-10-17(28)12-18(11-16)36-14-19-25(32-37-26(19)15-7-8-15)24-20(29)5-4-6-21(24)30/h3-6,15-18,35H,7-14H2,1-2H3,(H,33,34)/b22-3+/t16-,17+,18-,27?,28+. The fourth-order valence-electron chi connectivity index (χ4n) is 6.83. The normalized spacial score (nSPS) is 29.4. The van der Waals surface area contributed by atoms with Gasteiger partial charge in [-0.15, -0.1) is 0 Å². The molecule has 1 unspecified atom stereocenters. The zero-order valence-corrected chi connectivity index (χ0v) is 22.5. The smallest absolute Gasteiger partial charge is 0.304 e. The average molecular weight is 552 g/mol. The number of allylic oxidation sites excluding steroid dienone is 1. The van der Waals surface area contributed by atoms with Gasteiger partial charge < -0.3 is 19.5 Å². The number of aliphatic hydroxyl groups is 1. The van der Waals surface area contributed by atoms with E-state index in [2.05, 4.69) is 5.16 Å². The maximum Gasteiger partial charge on any atom is 0.304 e. The summed E-state index contributed by atoms with van der Waals surface area (Å²) < 4.78 is 27.3. The molecule has 0 radical (unpaired) electrons. The number of hydrogen-bond donors (Lipinski definition) is 2. The summed E-state index contributed by atoms with van der Waals surface area (Å²) >= 11 is 12.9. The van der Waals surface area contributed by atoms with Gasteiger partial charge in [0.1, 0.15) is 17.3 Å². The number of benzene rings is 1. The number of carboxylic acid groups (broad SMARTS) is 1. The number of rotatable bonds is 9. The monoisotopic (exact) mass is 551 g/mol. The molecule has 3 saturated carbocycles. The number of nitrogens with zero attached hydrogens (tertiary/aromatic N) is 1. The van der Waals surface area contributed by atoms with Gasteiger partial charge in [0.15, 0.2) is 0 Å². The van der Waals surface area contributed by atoms with Crippen LogP contribution in [-0.4, -0.2) is 33.0 Å². The van der Waals surface area contributed by atoms with Gasteiger partial charge in [-0.2, -0.15) is 0 Å². The largest absolute Gasteiger partial charge is 0.481 e. The van der Waals surface area contributed by atoms with Gasteiger partial charge in [0.25, 0.3) is 0 Å². The van der Waals surface area contributed by atoms with Crippen LogP contribution in [0, 0.1) is 17.3 Å².